The van der Waals surface area contributed by atoms with E-state index in [4.69, 9.17) is 4.74 Å². The van der Waals surface area contributed by atoms with E-state index in [0.29, 0.717) is 5.56 Å². The van der Waals surface area contributed by atoms with E-state index >= 15 is 0 Å². The molecule has 1 unspecified atom stereocenters. The Labute approximate surface area is 150 Å². The molecule has 0 bridgehead atoms. The van der Waals surface area contributed by atoms with E-state index in [1.807, 2.05) is 47.8 Å². The number of hydrogen-bond acceptors (Lipinski definition) is 3. The van der Waals surface area contributed by atoms with Crippen LogP contribution in [0.25, 0.3) is 0 Å². The van der Waals surface area contributed by atoms with Crippen LogP contribution in [0.3, 0.4) is 0 Å². The van der Waals surface area contributed by atoms with Crippen LogP contribution in [-0.2, 0) is 11.2 Å². The fourth-order valence-electron chi connectivity index (χ4n) is 2.64. The summed E-state index contributed by atoms with van der Waals surface area (Å²) < 4.78 is 18.7. The Morgan fingerprint density at radius 1 is 1.16 bits per heavy atom. The maximum absolute atomic E-state index is 13.8. The van der Waals surface area contributed by atoms with Gasteiger partial charge in [0.05, 0.1) is 19.6 Å². The number of carbonyl (C=O) groups is 1. The molecular weight excluding hydrogens is 337 g/mol. The van der Waals surface area contributed by atoms with Crippen LogP contribution in [0.5, 0.6) is 5.75 Å². The van der Waals surface area contributed by atoms with Crippen LogP contribution in [0.1, 0.15) is 22.0 Å². The highest BCUT2D eigenvalue weighted by atomic mass is 32.1. The molecule has 3 nitrogen and oxygen atoms in total. The number of amides is 1. The lowest BCUT2D eigenvalue weighted by atomic mass is 10.0. The Morgan fingerprint density at radius 2 is 1.96 bits per heavy atom. The molecule has 0 radical (unpaired) electrons. The summed E-state index contributed by atoms with van der Waals surface area (Å²) in [5, 5.41) is 5.03. The normalized spacial score (nSPS) is 11.8. The number of rotatable bonds is 6. The highest BCUT2D eigenvalue weighted by Crippen LogP contribution is 2.26. The Hall–Kier alpha value is -2.66. The van der Waals surface area contributed by atoms with E-state index in [9.17, 15) is 9.18 Å². The molecule has 1 aromatic heterocycles. The molecule has 0 fully saturated rings. The average Bonchev–Trinajstić information content (AvgIpc) is 3.15. The summed E-state index contributed by atoms with van der Waals surface area (Å²) in [4.78, 5) is 13.6. The van der Waals surface area contributed by atoms with Crippen LogP contribution >= 0.6 is 11.3 Å². The Balaban J connectivity index is 1.76. The van der Waals surface area contributed by atoms with Crippen molar-refractivity contribution in [2.45, 2.75) is 12.5 Å². The zero-order valence-electron chi connectivity index (χ0n) is 13.7. The number of methoxy groups -OCH3 is 1. The van der Waals surface area contributed by atoms with Gasteiger partial charge in [0.2, 0.25) is 5.91 Å². The summed E-state index contributed by atoms with van der Waals surface area (Å²) in [7, 11) is 1.41. The van der Waals surface area contributed by atoms with Crippen molar-refractivity contribution in [1.29, 1.82) is 0 Å². The summed E-state index contributed by atoms with van der Waals surface area (Å²) in [5.74, 6) is -0.456. The van der Waals surface area contributed by atoms with Crippen LogP contribution in [0.4, 0.5) is 4.39 Å². The minimum absolute atomic E-state index is 0.107. The maximum atomic E-state index is 13.8. The van der Waals surface area contributed by atoms with Gasteiger partial charge in [0.15, 0.2) is 11.6 Å². The lowest BCUT2D eigenvalue weighted by molar-refractivity contribution is -0.120. The topological polar surface area (TPSA) is 38.3 Å². The monoisotopic (exact) mass is 355 g/mol. The third-order valence-corrected chi connectivity index (χ3v) is 4.78. The molecule has 1 N–H and O–H groups in total. The second-order valence-electron chi connectivity index (χ2n) is 5.57. The van der Waals surface area contributed by atoms with Crippen LogP contribution in [0.15, 0.2) is 66.0 Å². The van der Waals surface area contributed by atoms with Gasteiger partial charge in [-0.3, -0.25) is 4.79 Å². The standard InChI is InChI=1S/C20H18FNO2S/c1-24-17-10-9-14(12-16(17)21)13-19(23)22-20(18-8-5-11-25-18)15-6-3-2-4-7-15/h2-12,20H,13H2,1H3,(H,22,23). The zero-order chi connectivity index (χ0) is 17.6. The van der Waals surface area contributed by atoms with Gasteiger partial charge in [-0.2, -0.15) is 0 Å². The van der Waals surface area contributed by atoms with Crippen molar-refractivity contribution in [2.24, 2.45) is 0 Å². The van der Waals surface area contributed by atoms with Gasteiger partial charge < -0.3 is 10.1 Å². The molecular formula is C20H18FNO2S. The van der Waals surface area contributed by atoms with E-state index in [2.05, 4.69) is 5.32 Å². The summed E-state index contributed by atoms with van der Waals surface area (Å²) in [6.45, 7) is 0. The second kappa shape index (κ2) is 7.94. The highest BCUT2D eigenvalue weighted by Gasteiger charge is 2.18. The molecule has 2 aromatic carbocycles. The molecule has 0 spiro atoms. The minimum atomic E-state index is -0.467. The van der Waals surface area contributed by atoms with Crippen molar-refractivity contribution in [3.8, 4) is 5.75 Å². The first kappa shape index (κ1) is 17.2. The number of ether oxygens (including phenoxy) is 1. The van der Waals surface area contributed by atoms with Gasteiger partial charge in [-0.1, -0.05) is 42.5 Å². The SMILES string of the molecule is COc1ccc(CC(=O)NC(c2ccccc2)c2cccs2)cc1F. The van der Waals surface area contributed by atoms with E-state index in [0.717, 1.165) is 10.4 Å². The Bertz CT molecular complexity index is 834. The third-order valence-electron chi connectivity index (χ3n) is 3.85. The third kappa shape index (κ3) is 4.25. The predicted molar refractivity (Wildman–Crippen MR) is 97.4 cm³/mol. The number of benzene rings is 2. The van der Waals surface area contributed by atoms with Gasteiger partial charge in [0.1, 0.15) is 0 Å². The first-order valence-corrected chi connectivity index (χ1v) is 8.75. The van der Waals surface area contributed by atoms with Crippen LogP contribution in [-0.4, -0.2) is 13.0 Å². The molecule has 0 saturated carbocycles. The molecule has 0 aliphatic carbocycles. The molecule has 1 atom stereocenters. The van der Waals surface area contributed by atoms with Crippen molar-refractivity contribution in [3.63, 3.8) is 0 Å². The van der Waals surface area contributed by atoms with Gasteiger partial charge in [0.25, 0.3) is 0 Å². The van der Waals surface area contributed by atoms with E-state index in [1.54, 1.807) is 17.4 Å². The van der Waals surface area contributed by atoms with Crippen LogP contribution in [0.2, 0.25) is 0 Å². The highest BCUT2D eigenvalue weighted by molar-refractivity contribution is 7.10. The summed E-state index contributed by atoms with van der Waals surface area (Å²) in [6, 6.07) is 18.1. The smallest absolute Gasteiger partial charge is 0.225 e. The molecule has 3 aromatic rings. The number of nitrogens with one attached hydrogen (secondary N) is 1. The van der Waals surface area contributed by atoms with Crippen molar-refractivity contribution in [1.82, 2.24) is 5.32 Å². The Morgan fingerprint density at radius 3 is 2.60 bits per heavy atom. The molecule has 0 aliphatic rings. The fraction of sp³-hybridized carbons (Fsp3) is 0.150. The van der Waals surface area contributed by atoms with Crippen molar-refractivity contribution >= 4 is 17.2 Å². The molecule has 25 heavy (non-hydrogen) atoms. The Kier molecular flexibility index (Phi) is 5.46. The number of carbonyl (C=O) groups excluding carboxylic acids is 1. The van der Waals surface area contributed by atoms with Gasteiger partial charge >= 0.3 is 0 Å². The maximum Gasteiger partial charge on any atom is 0.225 e. The van der Waals surface area contributed by atoms with E-state index in [-0.39, 0.29) is 24.1 Å². The van der Waals surface area contributed by atoms with Crippen LogP contribution in [0, 0.1) is 5.82 Å². The average molecular weight is 355 g/mol. The van der Waals surface area contributed by atoms with Crippen molar-refractivity contribution < 1.29 is 13.9 Å². The zero-order valence-corrected chi connectivity index (χ0v) is 14.6. The van der Waals surface area contributed by atoms with E-state index in [1.165, 1.54) is 19.2 Å². The molecule has 3 rings (SSSR count). The number of halogens is 1. The van der Waals surface area contributed by atoms with Gasteiger partial charge in [-0.15, -0.1) is 11.3 Å². The second-order valence-corrected chi connectivity index (χ2v) is 6.55. The molecule has 0 saturated heterocycles. The summed E-state index contributed by atoms with van der Waals surface area (Å²) in [5.41, 5.74) is 1.62. The molecule has 128 valence electrons. The molecule has 1 heterocycles. The first-order valence-electron chi connectivity index (χ1n) is 7.87. The van der Waals surface area contributed by atoms with Crippen molar-refractivity contribution in [3.05, 3.63) is 87.9 Å². The molecule has 5 heteroatoms. The molecule has 1 amide bonds. The molecule has 0 aliphatic heterocycles. The summed E-state index contributed by atoms with van der Waals surface area (Å²) in [6.07, 6.45) is 0.107. The van der Waals surface area contributed by atoms with Crippen LogP contribution < -0.4 is 10.1 Å². The predicted octanol–water partition coefficient (Wildman–Crippen LogP) is 4.34. The quantitative estimate of drug-likeness (QED) is 0.714. The van der Waals surface area contributed by atoms with Gasteiger partial charge in [-0.25, -0.2) is 4.39 Å². The number of thiophene rings is 1. The first-order chi connectivity index (χ1) is 12.2. The lowest BCUT2D eigenvalue weighted by Gasteiger charge is -2.18. The minimum Gasteiger partial charge on any atom is -0.494 e. The van der Waals surface area contributed by atoms with Crippen molar-refractivity contribution in [2.75, 3.05) is 7.11 Å². The van der Waals surface area contributed by atoms with Gasteiger partial charge in [0, 0.05) is 4.88 Å². The van der Waals surface area contributed by atoms with Gasteiger partial charge in [-0.05, 0) is 34.7 Å². The largest absolute Gasteiger partial charge is 0.494 e. The lowest BCUT2D eigenvalue weighted by Crippen LogP contribution is -2.30. The number of hydrogen-bond donors (Lipinski definition) is 1. The fourth-order valence-corrected chi connectivity index (χ4v) is 3.44. The van der Waals surface area contributed by atoms with E-state index < -0.39 is 5.82 Å². The summed E-state index contributed by atoms with van der Waals surface area (Å²) >= 11 is 1.59.